The summed E-state index contributed by atoms with van der Waals surface area (Å²) in [6.45, 7) is 1.55. The number of ketones is 1. The molecule has 0 aromatic carbocycles. The molecule has 4 rings (SSSR count). The molecule has 264 valence electrons. The molecule has 1 aromatic rings. The van der Waals surface area contributed by atoms with Gasteiger partial charge in [-0.05, 0) is 13.8 Å². The van der Waals surface area contributed by atoms with Crippen LogP contribution >= 0.6 is 11.3 Å². The summed E-state index contributed by atoms with van der Waals surface area (Å²) in [5.41, 5.74) is 7.38. The molecule has 26 heteroatoms. The van der Waals surface area contributed by atoms with Gasteiger partial charge in [-0.25, -0.2) is 33.9 Å². The minimum absolute atomic E-state index is 0.0477. The van der Waals surface area contributed by atoms with Crippen molar-refractivity contribution in [3.63, 3.8) is 0 Å². The van der Waals surface area contributed by atoms with Gasteiger partial charge in [0.15, 0.2) is 23.5 Å². The van der Waals surface area contributed by atoms with E-state index >= 15 is 0 Å². The number of aliphatic imine (C=N–C) groups is 1. The molecule has 0 aliphatic carbocycles. The first-order chi connectivity index (χ1) is 22.9. The third-order valence-corrected chi connectivity index (χ3v) is 8.87. The van der Waals surface area contributed by atoms with Crippen molar-refractivity contribution in [1.29, 1.82) is 0 Å². The lowest BCUT2D eigenvalue weighted by Gasteiger charge is -2.43. The second-order valence-electron chi connectivity index (χ2n) is 10.5. The van der Waals surface area contributed by atoms with Gasteiger partial charge >= 0.3 is 40.2 Å². The molecule has 4 heterocycles. The standard InChI is InChI=1S/C23H27N11O13S2/c1-9(2)47-33(23(42)43)15(13-8-48-20(24)28-13)18(38)27-12-7-34(19(12)39,22(41)31-49(45,46)32-4-3-25-21(32)40)29-17(37)11-5-14(35)10(6-26-11)16(36)30-44/h6,8-9,12,15H,3-5,7H2,1-2H3,(H8-,24,25,26,27,28,29,30,31,35,36,37,38,40,41,42,43,44)/p+1/t12-,15?,34?/m0/s1. The van der Waals surface area contributed by atoms with Gasteiger partial charge < -0.3 is 21.5 Å². The van der Waals surface area contributed by atoms with Crippen molar-refractivity contribution in [2.75, 3.05) is 25.4 Å². The van der Waals surface area contributed by atoms with Crippen LogP contribution < -0.4 is 32.0 Å². The molecule has 0 radical (unpaired) electrons. The highest BCUT2D eigenvalue weighted by Crippen LogP contribution is 2.28. The highest BCUT2D eigenvalue weighted by molar-refractivity contribution is 7.88. The van der Waals surface area contributed by atoms with Crippen molar-refractivity contribution in [1.82, 2.24) is 40.6 Å². The van der Waals surface area contributed by atoms with Crippen molar-refractivity contribution < 1.29 is 66.5 Å². The Labute approximate surface area is 278 Å². The molecular weight excluding hydrogens is 702 g/mol. The first kappa shape index (κ1) is 36.3. The lowest BCUT2D eigenvalue weighted by molar-refractivity contribution is -0.839. The number of hydrogen-bond donors (Lipinski definition) is 8. The predicted molar refractivity (Wildman–Crippen MR) is 158 cm³/mol. The van der Waals surface area contributed by atoms with Gasteiger partial charge in [0.2, 0.25) is 6.04 Å². The Morgan fingerprint density at radius 1 is 1.20 bits per heavy atom. The maximum atomic E-state index is 13.6. The minimum atomic E-state index is -4.95. The quantitative estimate of drug-likeness (QED) is 0.0385. The summed E-state index contributed by atoms with van der Waals surface area (Å²) in [6.07, 6.45) is -2.72. The van der Waals surface area contributed by atoms with E-state index < -0.39 is 111 Å². The zero-order chi connectivity index (χ0) is 36.4. The van der Waals surface area contributed by atoms with Crippen LogP contribution in [-0.4, -0.2) is 123 Å². The topological polar surface area (TPSA) is 338 Å². The van der Waals surface area contributed by atoms with Gasteiger partial charge in [-0.1, -0.05) is 4.59 Å². The number of urea groups is 2. The molecule has 3 aliphatic rings. The Balaban J connectivity index is 1.64. The smallest absolute Gasteiger partial charge is 0.463 e. The second kappa shape index (κ2) is 13.9. The number of nitrogens with one attached hydrogen (secondary N) is 5. The average Bonchev–Trinajstić information content (AvgIpc) is 3.66. The maximum absolute atomic E-state index is 13.6. The number of quaternary nitrogens is 1. The molecule has 3 aliphatic heterocycles. The van der Waals surface area contributed by atoms with Crippen LogP contribution in [0.2, 0.25) is 0 Å². The van der Waals surface area contributed by atoms with Crippen molar-refractivity contribution >= 4 is 80.0 Å². The number of likely N-dealkylation sites (tertiary alicyclic amines) is 1. The fourth-order valence-corrected chi connectivity index (χ4v) is 6.26. The van der Waals surface area contributed by atoms with E-state index in [4.69, 9.17) is 15.8 Å². The van der Waals surface area contributed by atoms with Crippen LogP contribution in [0.3, 0.4) is 0 Å². The molecule has 1 aromatic heterocycles. The zero-order valence-electron chi connectivity index (χ0n) is 25.2. The van der Waals surface area contributed by atoms with E-state index in [1.807, 2.05) is 5.43 Å². The number of hydrogen-bond acceptors (Lipinski definition) is 16. The zero-order valence-corrected chi connectivity index (χ0v) is 26.9. The number of nitrogen functional groups attached to an aromatic ring is 1. The third-order valence-electron chi connectivity index (χ3n) is 6.81. The maximum Gasteiger partial charge on any atom is 0.463 e. The van der Waals surface area contributed by atoms with E-state index in [1.54, 1.807) is 0 Å². The van der Waals surface area contributed by atoms with Gasteiger partial charge in [0, 0.05) is 18.1 Å². The third kappa shape index (κ3) is 7.31. The molecule has 2 fully saturated rings. The summed E-state index contributed by atoms with van der Waals surface area (Å²) < 4.78 is 25.6. The number of thiazole rings is 1. The number of anilines is 1. The van der Waals surface area contributed by atoms with Gasteiger partial charge in [-0.3, -0.25) is 34.2 Å². The molecule has 2 unspecified atom stereocenters. The molecule has 9 amide bonds. The lowest BCUT2D eigenvalue weighted by Crippen LogP contribution is -2.84. The highest BCUT2D eigenvalue weighted by atomic mass is 32.2. The number of imide groups is 1. The minimum Gasteiger partial charge on any atom is -0.463 e. The van der Waals surface area contributed by atoms with Crippen LogP contribution in [0.4, 0.5) is 19.5 Å². The van der Waals surface area contributed by atoms with E-state index in [9.17, 15) is 51.9 Å². The monoisotopic (exact) mass is 730 g/mol. The Morgan fingerprint density at radius 3 is 2.41 bits per heavy atom. The number of carbonyl (C=O) groups is 8. The molecule has 0 spiro atoms. The van der Waals surface area contributed by atoms with Crippen LogP contribution in [-0.2, 0) is 39.0 Å². The van der Waals surface area contributed by atoms with E-state index in [1.165, 1.54) is 29.4 Å². The number of nitrogens with two attached hydrogens (primary N) is 1. The Morgan fingerprint density at radius 2 is 1.90 bits per heavy atom. The summed E-state index contributed by atoms with van der Waals surface area (Å²) >= 11 is 0.858. The molecule has 49 heavy (non-hydrogen) atoms. The Kier molecular flexibility index (Phi) is 10.3. The van der Waals surface area contributed by atoms with E-state index in [2.05, 4.69) is 20.6 Å². The fraction of sp³-hybridized carbons (Fsp3) is 0.391. The number of Topliss-reactive ketones (excluding diaryl/α,β-unsaturated/α-hetero) is 1. The summed E-state index contributed by atoms with van der Waals surface area (Å²) in [7, 11) is -4.95. The number of aromatic nitrogens is 1. The number of β-lactam (4-membered cyclic amide) rings is 1. The van der Waals surface area contributed by atoms with Crippen LogP contribution in [0.1, 0.15) is 32.0 Å². The largest absolute Gasteiger partial charge is 0.463 e. The Hall–Kier alpha value is -5.57. The van der Waals surface area contributed by atoms with Gasteiger partial charge in [0.1, 0.15) is 11.3 Å². The molecule has 9 N–H and O–H groups in total. The Bertz CT molecular complexity index is 1810. The van der Waals surface area contributed by atoms with Gasteiger partial charge in [-0.2, -0.15) is 23.6 Å². The SMILES string of the molecule is CC(C)ON(C(=O)O)C(C(=O)N[C@H]1C[N+](NC(=O)C2=NC=C(C(=O)NO)C(=O)C2)(C(=O)NS(=O)(=O)N2CCNC2=O)C1=O)c1csc(N)n1. The van der Waals surface area contributed by atoms with Gasteiger partial charge in [0.25, 0.3) is 11.8 Å². The second-order valence-corrected chi connectivity index (χ2v) is 13.0. The van der Waals surface area contributed by atoms with Crippen molar-refractivity contribution in [3.8, 4) is 0 Å². The number of hydroxylamine groups is 3. The molecular formula is C23H28N11O13S2+. The van der Waals surface area contributed by atoms with Crippen molar-refractivity contribution in [3.05, 3.63) is 22.8 Å². The molecule has 3 atom stereocenters. The van der Waals surface area contributed by atoms with Crippen LogP contribution in [0.15, 0.2) is 22.1 Å². The predicted octanol–water partition coefficient (Wildman–Crippen LogP) is -3.26. The molecule has 0 saturated carbocycles. The van der Waals surface area contributed by atoms with E-state index in [0.717, 1.165) is 11.3 Å². The highest BCUT2D eigenvalue weighted by Gasteiger charge is 2.65. The van der Waals surface area contributed by atoms with Crippen LogP contribution in [0.25, 0.3) is 0 Å². The number of rotatable bonds is 10. The van der Waals surface area contributed by atoms with Gasteiger partial charge in [-0.15, -0.1) is 11.3 Å². The summed E-state index contributed by atoms with van der Waals surface area (Å²) in [5, 5.41) is 24.4. The summed E-state index contributed by atoms with van der Waals surface area (Å²) in [5.74, 6) is -6.15. The number of amides is 9. The van der Waals surface area contributed by atoms with Crippen molar-refractivity contribution in [2.45, 2.75) is 38.5 Å². The number of carboxylic acid groups (broad SMARTS) is 1. The summed E-state index contributed by atoms with van der Waals surface area (Å²) in [4.78, 5) is 115. The first-order valence-electron chi connectivity index (χ1n) is 13.7. The summed E-state index contributed by atoms with van der Waals surface area (Å²) in [6, 6.07) is -6.35. The normalized spacial score (nSPS) is 21.1. The lowest BCUT2D eigenvalue weighted by atomic mass is 10.0. The average molecular weight is 731 g/mol. The van der Waals surface area contributed by atoms with Crippen LogP contribution in [0.5, 0.6) is 0 Å². The molecule has 2 saturated heterocycles. The van der Waals surface area contributed by atoms with Gasteiger partial charge in [0.05, 0.1) is 24.8 Å². The number of nitrogens with zero attached hydrogens (tertiary/aromatic N) is 5. The van der Waals surface area contributed by atoms with Crippen LogP contribution in [0, 0.1) is 0 Å². The number of carbonyl (C=O) groups excluding carboxylic acids is 7. The fourth-order valence-electron chi connectivity index (χ4n) is 4.58. The molecule has 0 bridgehead atoms. The van der Waals surface area contributed by atoms with E-state index in [-0.39, 0.29) is 26.7 Å². The molecule has 24 nitrogen and oxygen atoms in total. The van der Waals surface area contributed by atoms with Crippen molar-refractivity contribution in [2.24, 2.45) is 4.99 Å². The van der Waals surface area contributed by atoms with E-state index in [0.29, 0.717) is 6.20 Å². The first-order valence-corrected chi connectivity index (χ1v) is 16.1.